The van der Waals surface area contributed by atoms with Gasteiger partial charge in [-0.1, -0.05) is 0 Å². The average Bonchev–Trinajstić information content (AvgIpc) is 2.74. The number of piperidine rings is 1. The molecular weight excluding hydrogens is 214 g/mol. The molecule has 0 bridgehead atoms. The molecule has 4 heteroatoms. The van der Waals surface area contributed by atoms with E-state index in [1.807, 2.05) is 17.8 Å². The molecule has 0 spiro atoms. The third kappa shape index (κ3) is 3.66. The minimum absolute atomic E-state index is 0.389. The van der Waals surface area contributed by atoms with Crippen LogP contribution >= 0.6 is 0 Å². The summed E-state index contributed by atoms with van der Waals surface area (Å²) >= 11 is 0. The summed E-state index contributed by atoms with van der Waals surface area (Å²) in [6.07, 6.45) is 6.39. The number of nitrogens with one attached hydrogen (secondary N) is 1. The lowest BCUT2D eigenvalue weighted by molar-refractivity contribution is -0.120. The number of hydrogen-bond acceptors (Lipinski definition) is 3. The maximum atomic E-state index is 11.9. The van der Waals surface area contributed by atoms with Crippen molar-refractivity contribution in [3.05, 3.63) is 18.0 Å². The Labute approximate surface area is 102 Å². The molecule has 1 aromatic rings. The topological polar surface area (TPSA) is 46.9 Å². The van der Waals surface area contributed by atoms with E-state index < -0.39 is 0 Å². The number of carbonyl (C=O) groups excluding carboxylic acids is 1. The molecule has 0 radical (unpaired) electrons. The third-order valence-corrected chi connectivity index (χ3v) is 3.50. The van der Waals surface area contributed by atoms with Crippen LogP contribution in [0.1, 0.15) is 31.4 Å². The Morgan fingerprint density at radius 3 is 3.18 bits per heavy atom. The van der Waals surface area contributed by atoms with Gasteiger partial charge in [0, 0.05) is 31.8 Å². The highest BCUT2D eigenvalue weighted by atomic mass is 16.1. The number of aryl methyl sites for hydroxylation is 2. The SMILES string of the molecule is Cn1nccc1CCC(=O)CC1CCCNC1. The lowest BCUT2D eigenvalue weighted by Gasteiger charge is -2.21. The van der Waals surface area contributed by atoms with E-state index in [0.717, 1.165) is 31.6 Å². The Bertz CT molecular complexity index is 366. The maximum Gasteiger partial charge on any atom is 0.133 e. The van der Waals surface area contributed by atoms with Crippen LogP contribution < -0.4 is 5.32 Å². The van der Waals surface area contributed by atoms with Crippen LogP contribution in [0.5, 0.6) is 0 Å². The van der Waals surface area contributed by atoms with Crippen LogP contribution in [0.25, 0.3) is 0 Å². The number of hydrogen-bond donors (Lipinski definition) is 1. The first-order valence-electron chi connectivity index (χ1n) is 6.45. The standard InChI is InChI=1S/C13H21N3O/c1-16-12(6-8-15-16)4-5-13(17)9-11-3-2-7-14-10-11/h6,8,11,14H,2-5,7,9-10H2,1H3. The van der Waals surface area contributed by atoms with Crippen molar-refractivity contribution in [2.45, 2.75) is 32.1 Å². The summed E-state index contributed by atoms with van der Waals surface area (Å²) in [5.74, 6) is 0.947. The molecule has 0 aliphatic carbocycles. The molecule has 1 saturated heterocycles. The Kier molecular flexibility index (Phi) is 4.31. The fourth-order valence-electron chi connectivity index (χ4n) is 2.44. The average molecular weight is 235 g/mol. The Morgan fingerprint density at radius 1 is 1.65 bits per heavy atom. The monoisotopic (exact) mass is 235 g/mol. The summed E-state index contributed by atoms with van der Waals surface area (Å²) in [7, 11) is 1.92. The number of aromatic nitrogens is 2. The van der Waals surface area contributed by atoms with Crippen molar-refractivity contribution in [3.63, 3.8) is 0 Å². The van der Waals surface area contributed by atoms with Crippen LogP contribution in [0.15, 0.2) is 12.3 Å². The molecule has 1 aliphatic heterocycles. The van der Waals surface area contributed by atoms with Crippen LogP contribution in [0.3, 0.4) is 0 Å². The first-order chi connectivity index (χ1) is 8.25. The molecule has 94 valence electrons. The van der Waals surface area contributed by atoms with Gasteiger partial charge in [0.05, 0.1) is 0 Å². The second-order valence-corrected chi connectivity index (χ2v) is 4.90. The van der Waals surface area contributed by atoms with Gasteiger partial charge in [0.15, 0.2) is 0 Å². The fourth-order valence-corrected chi connectivity index (χ4v) is 2.44. The van der Waals surface area contributed by atoms with Gasteiger partial charge < -0.3 is 5.32 Å². The van der Waals surface area contributed by atoms with E-state index in [1.54, 1.807) is 6.20 Å². The second-order valence-electron chi connectivity index (χ2n) is 4.90. The van der Waals surface area contributed by atoms with Crippen molar-refractivity contribution in [2.75, 3.05) is 13.1 Å². The normalized spacial score (nSPS) is 20.4. The highest BCUT2D eigenvalue weighted by Gasteiger charge is 2.16. The van der Waals surface area contributed by atoms with Crippen LogP contribution in [-0.2, 0) is 18.3 Å². The van der Waals surface area contributed by atoms with Gasteiger partial charge in [-0.15, -0.1) is 0 Å². The first kappa shape index (κ1) is 12.3. The zero-order chi connectivity index (χ0) is 12.1. The van der Waals surface area contributed by atoms with E-state index in [-0.39, 0.29) is 0 Å². The molecule has 1 atom stereocenters. The second kappa shape index (κ2) is 5.96. The summed E-state index contributed by atoms with van der Waals surface area (Å²) < 4.78 is 1.84. The van der Waals surface area contributed by atoms with Gasteiger partial charge in [-0.05, 0) is 44.3 Å². The van der Waals surface area contributed by atoms with E-state index in [1.165, 1.54) is 12.8 Å². The van der Waals surface area contributed by atoms with Crippen molar-refractivity contribution in [1.82, 2.24) is 15.1 Å². The van der Waals surface area contributed by atoms with Crippen LogP contribution in [0, 0.1) is 5.92 Å². The van der Waals surface area contributed by atoms with Crippen LogP contribution in [0.4, 0.5) is 0 Å². The first-order valence-corrected chi connectivity index (χ1v) is 6.45. The third-order valence-electron chi connectivity index (χ3n) is 3.50. The minimum Gasteiger partial charge on any atom is -0.316 e. The van der Waals surface area contributed by atoms with E-state index in [4.69, 9.17) is 0 Å². The van der Waals surface area contributed by atoms with E-state index in [9.17, 15) is 4.79 Å². The Morgan fingerprint density at radius 2 is 2.53 bits per heavy atom. The van der Waals surface area contributed by atoms with Crippen LogP contribution in [-0.4, -0.2) is 28.7 Å². The number of rotatable bonds is 5. The molecule has 1 unspecified atom stereocenters. The van der Waals surface area contributed by atoms with Crippen molar-refractivity contribution < 1.29 is 4.79 Å². The number of Topliss-reactive ketones (excluding diaryl/α,β-unsaturated/α-hetero) is 1. The van der Waals surface area contributed by atoms with Crippen molar-refractivity contribution in [1.29, 1.82) is 0 Å². The van der Waals surface area contributed by atoms with E-state index in [2.05, 4.69) is 10.4 Å². The zero-order valence-corrected chi connectivity index (χ0v) is 10.5. The molecule has 1 fully saturated rings. The van der Waals surface area contributed by atoms with E-state index in [0.29, 0.717) is 18.1 Å². The molecule has 0 amide bonds. The maximum absolute atomic E-state index is 11.9. The van der Waals surface area contributed by atoms with Gasteiger partial charge >= 0.3 is 0 Å². The van der Waals surface area contributed by atoms with Gasteiger partial charge in [0.2, 0.25) is 0 Å². The molecule has 4 nitrogen and oxygen atoms in total. The summed E-state index contributed by atoms with van der Waals surface area (Å²) in [6, 6.07) is 1.98. The van der Waals surface area contributed by atoms with Gasteiger partial charge in [0.1, 0.15) is 5.78 Å². The van der Waals surface area contributed by atoms with Gasteiger partial charge in [-0.3, -0.25) is 9.48 Å². The molecule has 17 heavy (non-hydrogen) atoms. The molecular formula is C13H21N3O. The molecule has 0 saturated carbocycles. The largest absolute Gasteiger partial charge is 0.316 e. The van der Waals surface area contributed by atoms with Crippen molar-refractivity contribution in [2.24, 2.45) is 13.0 Å². The van der Waals surface area contributed by atoms with Gasteiger partial charge in [-0.2, -0.15) is 5.10 Å². The Hall–Kier alpha value is -1.16. The summed E-state index contributed by atoms with van der Waals surface area (Å²) in [6.45, 7) is 2.12. The molecule has 1 N–H and O–H groups in total. The number of nitrogens with zero attached hydrogens (tertiary/aromatic N) is 2. The number of carbonyl (C=O) groups is 1. The Balaban J connectivity index is 1.72. The lowest BCUT2D eigenvalue weighted by Crippen LogP contribution is -2.31. The number of ketones is 1. The van der Waals surface area contributed by atoms with E-state index >= 15 is 0 Å². The molecule has 1 aromatic heterocycles. The molecule has 2 heterocycles. The summed E-state index contributed by atoms with van der Waals surface area (Å²) in [4.78, 5) is 11.9. The highest BCUT2D eigenvalue weighted by Crippen LogP contribution is 2.15. The molecule has 2 rings (SSSR count). The fraction of sp³-hybridized carbons (Fsp3) is 0.692. The summed E-state index contributed by atoms with van der Waals surface area (Å²) in [5, 5.41) is 7.46. The predicted molar refractivity (Wildman–Crippen MR) is 66.7 cm³/mol. The highest BCUT2D eigenvalue weighted by molar-refractivity contribution is 5.78. The lowest BCUT2D eigenvalue weighted by atomic mass is 9.93. The predicted octanol–water partition coefficient (Wildman–Crippen LogP) is 1.31. The van der Waals surface area contributed by atoms with Gasteiger partial charge in [-0.25, -0.2) is 0 Å². The molecule has 0 aromatic carbocycles. The smallest absolute Gasteiger partial charge is 0.133 e. The molecule has 1 aliphatic rings. The minimum atomic E-state index is 0.389. The summed E-state index contributed by atoms with van der Waals surface area (Å²) in [5.41, 5.74) is 1.14. The van der Waals surface area contributed by atoms with Crippen molar-refractivity contribution >= 4 is 5.78 Å². The quantitative estimate of drug-likeness (QED) is 0.837. The van der Waals surface area contributed by atoms with Gasteiger partial charge in [0.25, 0.3) is 0 Å². The zero-order valence-electron chi connectivity index (χ0n) is 10.5. The van der Waals surface area contributed by atoms with Crippen molar-refractivity contribution in [3.8, 4) is 0 Å². The van der Waals surface area contributed by atoms with Crippen LogP contribution in [0.2, 0.25) is 0 Å².